The van der Waals surface area contributed by atoms with Crippen LogP contribution in [0.25, 0.3) is 5.82 Å². The molecule has 2 N–H and O–H groups in total. The first-order chi connectivity index (χ1) is 9.36. The van der Waals surface area contributed by atoms with Crippen molar-refractivity contribution in [1.82, 2.24) is 19.7 Å². The zero-order valence-electron chi connectivity index (χ0n) is 10.6. The van der Waals surface area contributed by atoms with Gasteiger partial charge < -0.3 is 10.6 Å². The Hall–Kier alpha value is -2.11. The zero-order chi connectivity index (χ0) is 12.7. The standard InChI is InChI=1S/C13H16N6/c1-2-5-13(6-3-1)17-10-4-7-15-12(11(10)18-13)19-9-14-8-16-19/h4,7-9,17-18H,1-3,5-6H2. The molecular formula is C13H16N6. The smallest absolute Gasteiger partial charge is 0.180 e. The first-order valence-electron chi connectivity index (χ1n) is 6.77. The molecule has 2 aromatic heterocycles. The molecule has 2 aromatic rings. The van der Waals surface area contributed by atoms with Gasteiger partial charge in [-0.15, -0.1) is 0 Å². The minimum atomic E-state index is 0.0128. The van der Waals surface area contributed by atoms with E-state index in [1.54, 1.807) is 11.0 Å². The second-order valence-corrected chi connectivity index (χ2v) is 5.29. The highest BCUT2D eigenvalue weighted by atomic mass is 15.4. The third-order valence-electron chi connectivity index (χ3n) is 4.01. The fourth-order valence-corrected chi connectivity index (χ4v) is 3.10. The topological polar surface area (TPSA) is 67.7 Å². The fourth-order valence-electron chi connectivity index (χ4n) is 3.10. The monoisotopic (exact) mass is 256 g/mol. The van der Waals surface area contributed by atoms with Crippen molar-refractivity contribution in [2.75, 3.05) is 10.6 Å². The van der Waals surface area contributed by atoms with Crippen molar-refractivity contribution >= 4 is 11.4 Å². The van der Waals surface area contributed by atoms with Crippen LogP contribution in [0.5, 0.6) is 0 Å². The molecule has 98 valence electrons. The highest BCUT2D eigenvalue weighted by Crippen LogP contribution is 2.43. The highest BCUT2D eigenvalue weighted by molar-refractivity contribution is 5.81. The van der Waals surface area contributed by atoms with Crippen molar-refractivity contribution in [3.05, 3.63) is 24.9 Å². The van der Waals surface area contributed by atoms with Crippen LogP contribution in [0, 0.1) is 0 Å². The molecule has 0 bridgehead atoms. The molecule has 6 heteroatoms. The molecule has 4 rings (SSSR count). The summed E-state index contributed by atoms with van der Waals surface area (Å²) >= 11 is 0. The van der Waals surface area contributed by atoms with E-state index in [4.69, 9.17) is 0 Å². The number of rotatable bonds is 1. The Morgan fingerprint density at radius 2 is 2.05 bits per heavy atom. The van der Waals surface area contributed by atoms with Gasteiger partial charge in [0.15, 0.2) is 5.82 Å². The average Bonchev–Trinajstić information content (AvgIpc) is 3.05. The zero-order valence-corrected chi connectivity index (χ0v) is 10.6. The normalized spacial score (nSPS) is 19.8. The Labute approximate surface area is 111 Å². The quantitative estimate of drug-likeness (QED) is 0.818. The van der Waals surface area contributed by atoms with E-state index < -0.39 is 0 Å². The average molecular weight is 256 g/mol. The molecule has 1 aliphatic heterocycles. The van der Waals surface area contributed by atoms with E-state index in [1.807, 2.05) is 12.3 Å². The molecule has 1 aliphatic carbocycles. The molecule has 0 radical (unpaired) electrons. The molecule has 0 unspecified atom stereocenters. The molecule has 1 saturated carbocycles. The number of fused-ring (bicyclic) bond motifs is 1. The van der Waals surface area contributed by atoms with Crippen molar-refractivity contribution in [3.63, 3.8) is 0 Å². The minimum Gasteiger partial charge on any atom is -0.361 e. The summed E-state index contributed by atoms with van der Waals surface area (Å²) in [5, 5.41) is 11.5. The number of nitrogens with zero attached hydrogens (tertiary/aromatic N) is 4. The van der Waals surface area contributed by atoms with Gasteiger partial charge in [-0.3, -0.25) is 0 Å². The highest BCUT2D eigenvalue weighted by Gasteiger charge is 2.38. The lowest BCUT2D eigenvalue weighted by Crippen LogP contribution is -2.43. The lowest BCUT2D eigenvalue weighted by molar-refractivity contribution is 0.367. The van der Waals surface area contributed by atoms with Crippen molar-refractivity contribution in [3.8, 4) is 5.82 Å². The van der Waals surface area contributed by atoms with Crippen molar-refractivity contribution in [2.24, 2.45) is 0 Å². The maximum Gasteiger partial charge on any atom is 0.180 e. The summed E-state index contributed by atoms with van der Waals surface area (Å²) in [4.78, 5) is 8.42. The third-order valence-corrected chi connectivity index (χ3v) is 4.01. The Morgan fingerprint density at radius 3 is 2.84 bits per heavy atom. The van der Waals surface area contributed by atoms with E-state index in [0.29, 0.717) is 0 Å². The second-order valence-electron chi connectivity index (χ2n) is 5.29. The number of anilines is 2. The number of aromatic nitrogens is 4. The van der Waals surface area contributed by atoms with E-state index in [-0.39, 0.29) is 5.66 Å². The van der Waals surface area contributed by atoms with Crippen LogP contribution < -0.4 is 10.6 Å². The summed E-state index contributed by atoms with van der Waals surface area (Å²) < 4.78 is 1.70. The van der Waals surface area contributed by atoms with E-state index >= 15 is 0 Å². The predicted octanol–water partition coefficient (Wildman–Crippen LogP) is 2.16. The summed E-state index contributed by atoms with van der Waals surface area (Å²) in [6, 6.07) is 2.02. The number of hydrogen-bond acceptors (Lipinski definition) is 5. The number of hydrogen-bond donors (Lipinski definition) is 2. The van der Waals surface area contributed by atoms with E-state index in [1.165, 1.54) is 25.6 Å². The second kappa shape index (κ2) is 3.94. The van der Waals surface area contributed by atoms with Gasteiger partial charge in [-0.2, -0.15) is 5.10 Å². The largest absolute Gasteiger partial charge is 0.361 e. The van der Waals surface area contributed by atoms with Gasteiger partial charge in [0.2, 0.25) is 0 Å². The van der Waals surface area contributed by atoms with Gasteiger partial charge in [-0.1, -0.05) is 6.42 Å². The summed E-state index contributed by atoms with van der Waals surface area (Å²) in [5.41, 5.74) is 2.16. The van der Waals surface area contributed by atoms with Crippen molar-refractivity contribution in [1.29, 1.82) is 0 Å². The summed E-state index contributed by atoms with van der Waals surface area (Å²) in [6.07, 6.45) is 11.2. The number of nitrogens with one attached hydrogen (secondary N) is 2. The van der Waals surface area contributed by atoms with E-state index in [2.05, 4.69) is 25.7 Å². The molecule has 6 nitrogen and oxygen atoms in total. The van der Waals surface area contributed by atoms with E-state index in [9.17, 15) is 0 Å². The predicted molar refractivity (Wildman–Crippen MR) is 72.2 cm³/mol. The Morgan fingerprint density at radius 1 is 1.16 bits per heavy atom. The van der Waals surface area contributed by atoms with Gasteiger partial charge in [-0.05, 0) is 31.7 Å². The van der Waals surface area contributed by atoms with Gasteiger partial charge >= 0.3 is 0 Å². The van der Waals surface area contributed by atoms with Crippen LogP contribution in [0.15, 0.2) is 24.9 Å². The molecule has 0 saturated heterocycles. The van der Waals surface area contributed by atoms with Gasteiger partial charge in [-0.25, -0.2) is 14.6 Å². The van der Waals surface area contributed by atoms with Crippen LogP contribution in [0.1, 0.15) is 32.1 Å². The van der Waals surface area contributed by atoms with Crippen LogP contribution in [-0.2, 0) is 0 Å². The lowest BCUT2D eigenvalue weighted by Gasteiger charge is -2.34. The molecule has 1 fully saturated rings. The Balaban J connectivity index is 1.75. The van der Waals surface area contributed by atoms with Crippen LogP contribution in [0.3, 0.4) is 0 Å². The SMILES string of the molecule is c1cc2c(c(-n3cncn3)n1)NC1(CCCCC1)N2. The maximum absolute atomic E-state index is 4.43. The Kier molecular flexibility index (Phi) is 2.24. The molecule has 0 amide bonds. The van der Waals surface area contributed by atoms with Gasteiger partial charge in [0.25, 0.3) is 0 Å². The van der Waals surface area contributed by atoms with Crippen molar-refractivity contribution in [2.45, 2.75) is 37.8 Å². The molecule has 3 heterocycles. The van der Waals surface area contributed by atoms with Crippen LogP contribution >= 0.6 is 0 Å². The van der Waals surface area contributed by atoms with Crippen LogP contribution in [0.2, 0.25) is 0 Å². The lowest BCUT2D eigenvalue weighted by atomic mass is 9.89. The van der Waals surface area contributed by atoms with Crippen LogP contribution in [0.4, 0.5) is 11.4 Å². The van der Waals surface area contributed by atoms with E-state index in [0.717, 1.165) is 30.0 Å². The van der Waals surface area contributed by atoms with Gasteiger partial charge in [0, 0.05) is 6.20 Å². The molecular weight excluding hydrogens is 240 g/mol. The van der Waals surface area contributed by atoms with Crippen molar-refractivity contribution < 1.29 is 0 Å². The number of pyridine rings is 1. The molecule has 19 heavy (non-hydrogen) atoms. The Bertz CT molecular complexity index is 585. The molecule has 0 atom stereocenters. The summed E-state index contributed by atoms with van der Waals surface area (Å²) in [7, 11) is 0. The fraction of sp³-hybridized carbons (Fsp3) is 0.462. The summed E-state index contributed by atoms with van der Waals surface area (Å²) in [5.74, 6) is 0.810. The van der Waals surface area contributed by atoms with Gasteiger partial charge in [0.1, 0.15) is 24.0 Å². The first-order valence-corrected chi connectivity index (χ1v) is 6.77. The summed E-state index contributed by atoms with van der Waals surface area (Å²) in [6.45, 7) is 0. The third kappa shape index (κ3) is 1.67. The minimum absolute atomic E-state index is 0.0128. The maximum atomic E-state index is 4.43. The van der Waals surface area contributed by atoms with Gasteiger partial charge in [0.05, 0.1) is 5.69 Å². The molecule has 1 spiro atoms. The molecule has 0 aromatic carbocycles. The van der Waals surface area contributed by atoms with Crippen LogP contribution in [-0.4, -0.2) is 25.4 Å². The molecule has 2 aliphatic rings. The first kappa shape index (κ1) is 10.8.